The van der Waals surface area contributed by atoms with Crippen LogP contribution in [0.2, 0.25) is 0 Å². The molecule has 1 rings (SSSR count). The number of rotatable bonds is 1. The predicted molar refractivity (Wildman–Crippen MR) is 57.0 cm³/mol. The van der Waals surface area contributed by atoms with Crippen molar-refractivity contribution in [3.63, 3.8) is 0 Å². The fraction of sp³-hybridized carbons (Fsp3) is 0. The number of halogens is 1. The summed E-state index contributed by atoms with van der Waals surface area (Å²) < 4.78 is 21.5. The normalized spacial score (nSPS) is 8.81. The molecule has 0 spiro atoms. The Morgan fingerprint density at radius 3 is 2.12 bits per heavy atom. The van der Waals surface area contributed by atoms with E-state index in [1.807, 2.05) is 0 Å². The summed E-state index contributed by atoms with van der Waals surface area (Å²) >= 11 is 3.19. The van der Waals surface area contributed by atoms with Crippen molar-refractivity contribution in [2.45, 2.75) is 4.90 Å². The second-order valence-corrected chi connectivity index (χ2v) is 3.92. The standard InChI is InChI=1S/C6H4BrO2S.C2H2N2O.Na/c7-5-1-3-6(4-2-5)10(8)9;3-1-2-4-5;/h1-4H;2,5H;/q-1;;+1. The van der Waals surface area contributed by atoms with E-state index in [1.165, 1.54) is 18.2 Å². The molecular formula is C8H6BrN2NaO3S. The Hall–Kier alpha value is -0.390. The van der Waals surface area contributed by atoms with Gasteiger partial charge < -0.3 is 13.6 Å². The third-order valence-electron chi connectivity index (χ3n) is 1.12. The van der Waals surface area contributed by atoms with Crippen molar-refractivity contribution < 1.29 is 43.2 Å². The van der Waals surface area contributed by atoms with E-state index in [4.69, 9.17) is 10.5 Å². The SMILES string of the molecule is N#CC=NO.O=[S-](=O)c1ccc(Br)cc1.[Na+]. The second kappa shape index (κ2) is 11.1. The number of benzene rings is 1. The van der Waals surface area contributed by atoms with Crippen LogP contribution >= 0.6 is 15.9 Å². The van der Waals surface area contributed by atoms with Crippen LogP contribution in [0.4, 0.5) is 0 Å². The van der Waals surface area contributed by atoms with Crippen LogP contribution in [0.3, 0.4) is 0 Å². The van der Waals surface area contributed by atoms with Gasteiger partial charge in [-0.05, 0) is 22.8 Å². The molecule has 1 aromatic rings. The zero-order valence-electron chi connectivity index (χ0n) is 8.33. The van der Waals surface area contributed by atoms with Crippen LogP contribution in [0.15, 0.2) is 38.8 Å². The molecule has 0 aliphatic rings. The molecule has 16 heavy (non-hydrogen) atoms. The van der Waals surface area contributed by atoms with E-state index in [0.717, 1.165) is 10.7 Å². The number of nitriles is 1. The van der Waals surface area contributed by atoms with Crippen LogP contribution in [-0.2, 0) is 19.1 Å². The maximum Gasteiger partial charge on any atom is 1.00 e. The smallest absolute Gasteiger partial charge is 0.420 e. The summed E-state index contributed by atoms with van der Waals surface area (Å²) in [4.78, 5) is 0.309. The summed E-state index contributed by atoms with van der Waals surface area (Å²) in [6.45, 7) is 0. The Bertz CT molecular complexity index is 432. The van der Waals surface area contributed by atoms with Gasteiger partial charge in [0.05, 0.1) is 0 Å². The zero-order valence-corrected chi connectivity index (χ0v) is 12.7. The minimum atomic E-state index is -2.11. The first-order valence-corrected chi connectivity index (χ1v) is 5.39. The molecule has 0 aliphatic heterocycles. The van der Waals surface area contributed by atoms with E-state index in [9.17, 15) is 8.42 Å². The van der Waals surface area contributed by atoms with Crippen molar-refractivity contribution >= 4 is 32.8 Å². The first kappa shape index (κ1) is 18.0. The Morgan fingerprint density at radius 1 is 1.38 bits per heavy atom. The number of oxime groups is 1. The third-order valence-corrected chi connectivity index (χ3v) is 2.31. The van der Waals surface area contributed by atoms with Crippen molar-refractivity contribution in [1.82, 2.24) is 0 Å². The van der Waals surface area contributed by atoms with E-state index in [1.54, 1.807) is 12.1 Å². The summed E-state index contributed by atoms with van der Waals surface area (Å²) in [5.74, 6) is 0. The summed E-state index contributed by atoms with van der Waals surface area (Å²) in [5, 5.41) is 17.3. The molecule has 80 valence electrons. The number of nitrogens with zero attached hydrogens (tertiary/aromatic N) is 2. The van der Waals surface area contributed by atoms with Crippen molar-refractivity contribution in [3.8, 4) is 6.07 Å². The van der Waals surface area contributed by atoms with Gasteiger partial charge in [0.1, 0.15) is 12.3 Å². The molecular weight excluding hydrogens is 307 g/mol. The van der Waals surface area contributed by atoms with Crippen LogP contribution in [0.1, 0.15) is 0 Å². The van der Waals surface area contributed by atoms with Crippen molar-refractivity contribution in [3.05, 3.63) is 28.7 Å². The van der Waals surface area contributed by atoms with Gasteiger partial charge in [-0.2, -0.15) is 5.26 Å². The van der Waals surface area contributed by atoms with Crippen molar-refractivity contribution in [2.75, 3.05) is 0 Å². The van der Waals surface area contributed by atoms with E-state index >= 15 is 0 Å². The van der Waals surface area contributed by atoms with Gasteiger partial charge in [-0.15, -0.1) is 0 Å². The molecule has 0 saturated heterocycles. The third kappa shape index (κ3) is 8.88. The van der Waals surface area contributed by atoms with Crippen molar-refractivity contribution in [1.29, 1.82) is 5.26 Å². The average molecular weight is 313 g/mol. The van der Waals surface area contributed by atoms with E-state index < -0.39 is 10.7 Å². The fourth-order valence-corrected chi connectivity index (χ4v) is 1.19. The molecule has 0 aliphatic carbocycles. The summed E-state index contributed by atoms with van der Waals surface area (Å²) in [5.41, 5.74) is 0. The quantitative estimate of drug-likeness (QED) is 0.239. The molecule has 0 heterocycles. The fourth-order valence-electron chi connectivity index (χ4n) is 0.572. The van der Waals surface area contributed by atoms with Crippen LogP contribution in [0.5, 0.6) is 0 Å². The Balaban J connectivity index is 0. The predicted octanol–water partition coefficient (Wildman–Crippen LogP) is -0.909. The molecule has 0 unspecified atom stereocenters. The van der Waals surface area contributed by atoms with Crippen LogP contribution in [0.25, 0.3) is 0 Å². The van der Waals surface area contributed by atoms with Crippen LogP contribution < -0.4 is 29.6 Å². The summed E-state index contributed by atoms with van der Waals surface area (Å²) in [6.07, 6.45) is 0.736. The molecule has 5 nitrogen and oxygen atoms in total. The maximum absolute atomic E-state index is 10.3. The van der Waals surface area contributed by atoms with Gasteiger partial charge in [-0.3, -0.25) is 0 Å². The summed E-state index contributed by atoms with van der Waals surface area (Å²) in [7, 11) is -2.11. The number of hydrogen-bond donors (Lipinski definition) is 1. The largest absolute Gasteiger partial charge is 1.00 e. The van der Waals surface area contributed by atoms with Gasteiger partial charge in [0.25, 0.3) is 0 Å². The van der Waals surface area contributed by atoms with E-state index in [0.29, 0.717) is 4.90 Å². The number of hydrogen-bond acceptors (Lipinski definition) is 6. The van der Waals surface area contributed by atoms with Crippen LogP contribution in [0, 0.1) is 11.3 Å². The topological polar surface area (TPSA) is 90.5 Å². The van der Waals surface area contributed by atoms with Gasteiger partial charge in [-0.25, -0.2) is 0 Å². The first-order chi connectivity index (χ1) is 7.11. The van der Waals surface area contributed by atoms with Gasteiger partial charge >= 0.3 is 29.6 Å². The molecule has 0 aromatic heterocycles. The molecule has 1 aromatic carbocycles. The van der Waals surface area contributed by atoms with Gasteiger partial charge in [0, 0.05) is 4.47 Å². The van der Waals surface area contributed by atoms with Crippen LogP contribution in [-0.4, -0.2) is 11.4 Å². The molecule has 8 heteroatoms. The minimum absolute atomic E-state index is 0. The Kier molecular flexibility index (Phi) is 12.5. The minimum Gasteiger partial charge on any atom is -0.420 e. The Morgan fingerprint density at radius 2 is 1.88 bits per heavy atom. The summed E-state index contributed by atoms with van der Waals surface area (Å²) in [6, 6.07) is 7.92. The average Bonchev–Trinajstić information content (AvgIpc) is 2.20. The molecule has 0 bridgehead atoms. The van der Waals surface area contributed by atoms with Gasteiger partial charge in [0.2, 0.25) is 0 Å². The van der Waals surface area contributed by atoms with Crippen molar-refractivity contribution in [2.24, 2.45) is 5.16 Å². The molecule has 0 amide bonds. The second-order valence-electron chi connectivity index (χ2n) is 2.06. The van der Waals surface area contributed by atoms with Gasteiger partial charge in [0.15, 0.2) is 0 Å². The Labute approximate surface area is 125 Å². The molecule has 0 saturated carbocycles. The first-order valence-electron chi connectivity index (χ1n) is 3.52. The maximum atomic E-state index is 10.3. The van der Waals surface area contributed by atoms with Gasteiger partial charge in [-0.1, -0.05) is 38.1 Å². The molecule has 1 N–H and O–H groups in total. The van der Waals surface area contributed by atoms with E-state index in [2.05, 4.69) is 21.1 Å². The monoisotopic (exact) mass is 312 g/mol. The molecule has 0 atom stereocenters. The molecule has 0 radical (unpaired) electrons. The van der Waals surface area contributed by atoms with E-state index in [-0.39, 0.29) is 29.6 Å². The zero-order chi connectivity index (χ0) is 11.7. The molecule has 0 fully saturated rings.